The van der Waals surface area contributed by atoms with Crippen molar-refractivity contribution in [3.05, 3.63) is 59.1 Å². The van der Waals surface area contributed by atoms with Crippen molar-refractivity contribution >= 4 is 27.5 Å². The molecule has 164 valence electrons. The van der Waals surface area contributed by atoms with Crippen molar-refractivity contribution in [1.29, 1.82) is 0 Å². The number of nitrogens with zero attached hydrogens (tertiary/aromatic N) is 2. The summed E-state index contributed by atoms with van der Waals surface area (Å²) in [5, 5.41) is 0.684. The number of alkyl halides is 3. The van der Waals surface area contributed by atoms with E-state index < -0.39 is 11.7 Å². The predicted octanol–water partition coefficient (Wildman–Crippen LogP) is 5.57. The lowest BCUT2D eigenvalue weighted by molar-refractivity contribution is -0.137. The van der Waals surface area contributed by atoms with Gasteiger partial charge < -0.3 is 9.64 Å². The maximum Gasteiger partial charge on any atom is 0.416 e. The number of likely N-dealkylation sites (tertiary alicyclic amines) is 1. The fourth-order valence-corrected chi connectivity index (χ4v) is 4.74. The Bertz CT molecular complexity index is 1040. The summed E-state index contributed by atoms with van der Waals surface area (Å²) >= 11 is 1.34. The standard InChI is InChI=1S/C23H23F3N2O2S/c24-23(25,26)17-8-9-20-19(13-17)27-21(31-20)10-11-22(29)28-12-4-5-16(14-28)15-30-18-6-2-1-3-7-18/h1-3,6-9,13,16H,4-5,10-12,14-15H2. The lowest BCUT2D eigenvalue weighted by Crippen LogP contribution is -2.41. The average Bonchev–Trinajstić information content (AvgIpc) is 3.18. The zero-order valence-electron chi connectivity index (χ0n) is 16.9. The largest absolute Gasteiger partial charge is 0.493 e. The fourth-order valence-electron chi connectivity index (χ4n) is 3.79. The Balaban J connectivity index is 1.30. The second-order valence-electron chi connectivity index (χ2n) is 7.76. The Morgan fingerprint density at radius 3 is 2.77 bits per heavy atom. The van der Waals surface area contributed by atoms with Gasteiger partial charge in [-0.25, -0.2) is 4.98 Å². The van der Waals surface area contributed by atoms with Crippen LogP contribution in [0.1, 0.15) is 29.8 Å². The van der Waals surface area contributed by atoms with E-state index in [1.54, 1.807) is 0 Å². The molecule has 8 heteroatoms. The Kier molecular flexibility index (Phi) is 6.46. The molecule has 1 amide bonds. The number of carbonyl (C=O) groups excluding carboxylic acids is 1. The molecular weight excluding hydrogens is 425 g/mol. The van der Waals surface area contributed by atoms with Crippen LogP contribution in [-0.4, -0.2) is 35.5 Å². The number of amides is 1. The van der Waals surface area contributed by atoms with Crippen LogP contribution in [0.3, 0.4) is 0 Å². The molecule has 1 aliphatic heterocycles. The lowest BCUT2D eigenvalue weighted by atomic mass is 9.98. The lowest BCUT2D eigenvalue weighted by Gasteiger charge is -2.32. The van der Waals surface area contributed by atoms with Gasteiger partial charge in [-0.05, 0) is 43.2 Å². The second kappa shape index (κ2) is 9.26. The first-order valence-corrected chi connectivity index (χ1v) is 11.1. The summed E-state index contributed by atoms with van der Waals surface area (Å²) in [7, 11) is 0. The number of aryl methyl sites for hydroxylation is 1. The van der Waals surface area contributed by atoms with Crippen LogP contribution in [0.2, 0.25) is 0 Å². The molecule has 1 fully saturated rings. The predicted molar refractivity (Wildman–Crippen MR) is 114 cm³/mol. The molecule has 4 rings (SSSR count). The normalized spacial score (nSPS) is 17.1. The van der Waals surface area contributed by atoms with Gasteiger partial charge in [-0.3, -0.25) is 4.79 Å². The van der Waals surface area contributed by atoms with E-state index in [-0.39, 0.29) is 5.91 Å². The molecule has 1 unspecified atom stereocenters. The van der Waals surface area contributed by atoms with E-state index in [1.165, 1.54) is 17.4 Å². The Labute approximate surface area is 182 Å². The van der Waals surface area contributed by atoms with Crippen LogP contribution < -0.4 is 4.74 Å². The number of thiazole rings is 1. The molecule has 2 heterocycles. The van der Waals surface area contributed by atoms with Crippen LogP contribution in [0.25, 0.3) is 10.2 Å². The van der Waals surface area contributed by atoms with Gasteiger partial charge in [0.1, 0.15) is 5.75 Å². The molecule has 31 heavy (non-hydrogen) atoms. The number of aromatic nitrogens is 1. The van der Waals surface area contributed by atoms with Gasteiger partial charge in [-0.15, -0.1) is 11.3 Å². The van der Waals surface area contributed by atoms with Crippen molar-refractivity contribution in [1.82, 2.24) is 9.88 Å². The van der Waals surface area contributed by atoms with Gasteiger partial charge in [0.2, 0.25) is 5.91 Å². The minimum absolute atomic E-state index is 0.0552. The number of ether oxygens (including phenoxy) is 1. The van der Waals surface area contributed by atoms with Crippen LogP contribution in [0.15, 0.2) is 48.5 Å². The van der Waals surface area contributed by atoms with E-state index in [0.29, 0.717) is 47.1 Å². The van der Waals surface area contributed by atoms with Crippen molar-refractivity contribution in [3.63, 3.8) is 0 Å². The van der Waals surface area contributed by atoms with Crippen LogP contribution in [0.4, 0.5) is 13.2 Å². The topological polar surface area (TPSA) is 42.4 Å². The van der Waals surface area contributed by atoms with Gasteiger partial charge >= 0.3 is 6.18 Å². The Hall–Kier alpha value is -2.61. The number of carbonyl (C=O) groups is 1. The molecular formula is C23H23F3N2O2S. The molecule has 0 bridgehead atoms. The first kappa shape index (κ1) is 21.6. The number of fused-ring (bicyclic) bond motifs is 1. The van der Waals surface area contributed by atoms with Gasteiger partial charge in [0.15, 0.2) is 0 Å². The summed E-state index contributed by atoms with van der Waals surface area (Å²) in [4.78, 5) is 18.9. The maximum absolute atomic E-state index is 12.9. The highest BCUT2D eigenvalue weighted by molar-refractivity contribution is 7.18. The first-order chi connectivity index (χ1) is 14.9. The van der Waals surface area contributed by atoms with E-state index in [0.717, 1.165) is 37.3 Å². The van der Waals surface area contributed by atoms with Gasteiger partial charge in [0.25, 0.3) is 0 Å². The molecule has 1 aliphatic rings. The summed E-state index contributed by atoms with van der Waals surface area (Å²) in [6.45, 7) is 1.98. The number of halogens is 3. The number of hydrogen-bond donors (Lipinski definition) is 0. The van der Waals surface area contributed by atoms with E-state index in [2.05, 4.69) is 4.98 Å². The Morgan fingerprint density at radius 1 is 1.19 bits per heavy atom. The highest BCUT2D eigenvalue weighted by atomic mass is 32.1. The van der Waals surface area contributed by atoms with E-state index in [9.17, 15) is 18.0 Å². The average molecular weight is 449 g/mol. The third-order valence-corrected chi connectivity index (χ3v) is 6.51. The maximum atomic E-state index is 12.9. The van der Waals surface area contributed by atoms with Crippen LogP contribution in [0, 0.1) is 5.92 Å². The van der Waals surface area contributed by atoms with Crippen LogP contribution >= 0.6 is 11.3 Å². The number of hydrogen-bond acceptors (Lipinski definition) is 4. The summed E-state index contributed by atoms with van der Waals surface area (Å²) < 4.78 is 45.2. The molecule has 0 radical (unpaired) electrons. The molecule has 0 aliphatic carbocycles. The monoisotopic (exact) mass is 448 g/mol. The molecule has 0 spiro atoms. The van der Waals surface area contributed by atoms with E-state index >= 15 is 0 Å². The van der Waals surface area contributed by atoms with Crippen molar-refractivity contribution in [2.45, 2.75) is 31.9 Å². The molecule has 1 aromatic heterocycles. The van der Waals surface area contributed by atoms with Crippen molar-refractivity contribution in [2.24, 2.45) is 5.92 Å². The second-order valence-corrected chi connectivity index (χ2v) is 8.88. The molecule has 1 saturated heterocycles. The van der Waals surface area contributed by atoms with Crippen LogP contribution in [0.5, 0.6) is 5.75 Å². The van der Waals surface area contributed by atoms with Gasteiger partial charge in [0, 0.05) is 31.8 Å². The zero-order valence-corrected chi connectivity index (χ0v) is 17.7. The minimum Gasteiger partial charge on any atom is -0.493 e. The van der Waals surface area contributed by atoms with Crippen LogP contribution in [-0.2, 0) is 17.4 Å². The molecule has 1 atom stereocenters. The highest BCUT2D eigenvalue weighted by Crippen LogP contribution is 2.33. The number of rotatable bonds is 6. The van der Waals surface area contributed by atoms with Crippen molar-refractivity contribution < 1.29 is 22.7 Å². The molecule has 4 nitrogen and oxygen atoms in total. The first-order valence-electron chi connectivity index (χ1n) is 10.3. The molecule has 3 aromatic rings. The number of benzene rings is 2. The summed E-state index contributed by atoms with van der Waals surface area (Å²) in [5.41, 5.74) is -0.372. The number of para-hydroxylation sites is 1. The summed E-state index contributed by atoms with van der Waals surface area (Å²) in [6.07, 6.45) is -1.69. The minimum atomic E-state index is -4.39. The number of piperidine rings is 1. The summed E-state index contributed by atoms with van der Waals surface area (Å²) in [5.74, 6) is 1.18. The third kappa shape index (κ3) is 5.55. The van der Waals surface area contributed by atoms with Gasteiger partial charge in [-0.2, -0.15) is 13.2 Å². The Morgan fingerprint density at radius 2 is 2.00 bits per heavy atom. The van der Waals surface area contributed by atoms with Gasteiger partial charge in [0.05, 0.1) is 27.4 Å². The fraction of sp³-hybridized carbons (Fsp3) is 0.391. The zero-order chi connectivity index (χ0) is 21.8. The van der Waals surface area contributed by atoms with E-state index in [4.69, 9.17) is 4.74 Å². The molecule has 0 saturated carbocycles. The van der Waals surface area contributed by atoms with Crippen molar-refractivity contribution in [3.8, 4) is 5.75 Å². The quantitative estimate of drug-likeness (QED) is 0.496. The van der Waals surface area contributed by atoms with E-state index in [1.807, 2.05) is 35.2 Å². The smallest absolute Gasteiger partial charge is 0.416 e. The summed E-state index contributed by atoms with van der Waals surface area (Å²) in [6, 6.07) is 13.2. The SMILES string of the molecule is O=C(CCc1nc2cc(C(F)(F)F)ccc2s1)N1CCCC(COc2ccccc2)C1. The third-order valence-electron chi connectivity index (χ3n) is 5.41. The highest BCUT2D eigenvalue weighted by Gasteiger charge is 2.31. The molecule has 2 aromatic carbocycles. The molecule has 0 N–H and O–H groups in total. The van der Waals surface area contributed by atoms with Crippen molar-refractivity contribution in [2.75, 3.05) is 19.7 Å². The van der Waals surface area contributed by atoms with Gasteiger partial charge in [-0.1, -0.05) is 18.2 Å².